The van der Waals surface area contributed by atoms with Gasteiger partial charge in [-0.25, -0.2) is 0 Å². The fraction of sp³-hybridized carbons (Fsp3) is 0.0714. The number of nitrogens with one attached hydrogen (secondary N) is 2. The third-order valence-corrected chi connectivity index (χ3v) is 2.97. The van der Waals surface area contributed by atoms with Crippen molar-refractivity contribution in [1.29, 1.82) is 5.41 Å². The zero-order valence-corrected chi connectivity index (χ0v) is 10.4. The van der Waals surface area contributed by atoms with Gasteiger partial charge in [0.1, 0.15) is 0 Å². The molecule has 0 aliphatic heterocycles. The first-order valence-electron chi connectivity index (χ1n) is 5.35. The summed E-state index contributed by atoms with van der Waals surface area (Å²) in [6, 6.07) is 18.2. The van der Waals surface area contributed by atoms with E-state index in [0.717, 1.165) is 16.8 Å². The highest BCUT2D eigenvalue weighted by atomic mass is 32.2. The number of hydrogen-bond acceptors (Lipinski definition) is 2. The molecule has 0 aliphatic rings. The first kappa shape index (κ1) is 11.7. The number of thioether (sulfide) groups is 1. The van der Waals surface area contributed by atoms with E-state index in [0.29, 0.717) is 5.17 Å². The monoisotopic (exact) mass is 242 g/mol. The van der Waals surface area contributed by atoms with Crippen LogP contribution in [0.5, 0.6) is 0 Å². The van der Waals surface area contributed by atoms with Crippen LogP contribution in [-0.4, -0.2) is 11.4 Å². The second-order valence-electron chi connectivity index (χ2n) is 3.57. The van der Waals surface area contributed by atoms with Crippen LogP contribution in [0.25, 0.3) is 11.1 Å². The van der Waals surface area contributed by atoms with E-state index in [9.17, 15) is 0 Å². The van der Waals surface area contributed by atoms with Crippen molar-refractivity contribution in [2.24, 2.45) is 0 Å². The van der Waals surface area contributed by atoms with Gasteiger partial charge in [-0.15, -0.1) is 0 Å². The van der Waals surface area contributed by atoms with Crippen molar-refractivity contribution in [3.8, 4) is 11.1 Å². The Labute approximate surface area is 106 Å². The minimum Gasteiger partial charge on any atom is -0.335 e. The molecule has 17 heavy (non-hydrogen) atoms. The summed E-state index contributed by atoms with van der Waals surface area (Å²) in [5, 5.41) is 11.2. The predicted octanol–water partition coefficient (Wildman–Crippen LogP) is 4.06. The fourth-order valence-electron chi connectivity index (χ4n) is 1.63. The zero-order chi connectivity index (χ0) is 12.1. The lowest BCUT2D eigenvalue weighted by Crippen LogP contribution is -2.06. The lowest BCUT2D eigenvalue weighted by Gasteiger charge is -2.11. The van der Waals surface area contributed by atoms with Crippen molar-refractivity contribution >= 4 is 22.6 Å². The van der Waals surface area contributed by atoms with E-state index in [1.54, 1.807) is 0 Å². The number of amidine groups is 1. The standard InChI is InChI=1S/C14H14N2S/c1-17-14(15)16-13-10-6-5-9-12(13)11-7-3-2-4-8-11/h2-10H,1H3,(H2,15,16). The van der Waals surface area contributed by atoms with Crippen molar-refractivity contribution in [1.82, 2.24) is 0 Å². The molecule has 2 aromatic carbocycles. The second-order valence-corrected chi connectivity index (χ2v) is 4.39. The van der Waals surface area contributed by atoms with E-state index in [4.69, 9.17) is 5.41 Å². The highest BCUT2D eigenvalue weighted by Crippen LogP contribution is 2.27. The molecule has 86 valence electrons. The van der Waals surface area contributed by atoms with Crippen LogP contribution in [0.15, 0.2) is 54.6 Å². The Morgan fingerprint density at radius 2 is 1.65 bits per heavy atom. The van der Waals surface area contributed by atoms with Gasteiger partial charge in [0, 0.05) is 11.3 Å². The van der Waals surface area contributed by atoms with Gasteiger partial charge < -0.3 is 5.32 Å². The summed E-state index contributed by atoms with van der Waals surface area (Å²) in [7, 11) is 0. The maximum absolute atomic E-state index is 7.69. The molecule has 0 saturated carbocycles. The molecule has 0 amide bonds. The third kappa shape index (κ3) is 2.88. The summed E-state index contributed by atoms with van der Waals surface area (Å²) in [6.07, 6.45) is 1.89. The van der Waals surface area contributed by atoms with Crippen LogP contribution in [0.2, 0.25) is 0 Å². The molecule has 0 bridgehead atoms. The molecule has 0 fully saturated rings. The molecule has 0 saturated heterocycles. The maximum Gasteiger partial charge on any atom is 0.157 e. The topological polar surface area (TPSA) is 35.9 Å². The van der Waals surface area contributed by atoms with Crippen LogP contribution in [0.3, 0.4) is 0 Å². The van der Waals surface area contributed by atoms with E-state index in [2.05, 4.69) is 23.5 Å². The van der Waals surface area contributed by atoms with Crippen molar-refractivity contribution in [2.75, 3.05) is 11.6 Å². The molecule has 0 aliphatic carbocycles. The molecule has 2 aromatic rings. The molecule has 0 unspecified atom stereocenters. The maximum atomic E-state index is 7.69. The second kappa shape index (κ2) is 5.55. The largest absolute Gasteiger partial charge is 0.335 e. The van der Waals surface area contributed by atoms with Crippen molar-refractivity contribution in [3.05, 3.63) is 54.6 Å². The summed E-state index contributed by atoms with van der Waals surface area (Å²) >= 11 is 1.40. The zero-order valence-electron chi connectivity index (χ0n) is 9.60. The van der Waals surface area contributed by atoms with Crippen LogP contribution in [-0.2, 0) is 0 Å². The average Bonchev–Trinajstić information content (AvgIpc) is 2.40. The summed E-state index contributed by atoms with van der Waals surface area (Å²) in [5.74, 6) is 0. The smallest absolute Gasteiger partial charge is 0.157 e. The molecule has 0 heterocycles. The van der Waals surface area contributed by atoms with Crippen LogP contribution in [0.4, 0.5) is 5.69 Å². The van der Waals surface area contributed by atoms with Gasteiger partial charge in [0.25, 0.3) is 0 Å². The number of para-hydroxylation sites is 1. The van der Waals surface area contributed by atoms with Gasteiger partial charge in [-0.3, -0.25) is 5.41 Å². The summed E-state index contributed by atoms with van der Waals surface area (Å²) in [4.78, 5) is 0. The Kier molecular flexibility index (Phi) is 3.83. The first-order chi connectivity index (χ1) is 8.31. The van der Waals surface area contributed by atoms with E-state index < -0.39 is 0 Å². The molecular weight excluding hydrogens is 228 g/mol. The lowest BCUT2D eigenvalue weighted by atomic mass is 10.0. The Bertz CT molecular complexity index is 509. The first-order valence-corrected chi connectivity index (χ1v) is 6.58. The summed E-state index contributed by atoms with van der Waals surface area (Å²) < 4.78 is 0. The van der Waals surface area contributed by atoms with Crippen LogP contribution in [0.1, 0.15) is 0 Å². The molecule has 2 N–H and O–H groups in total. The average molecular weight is 242 g/mol. The minimum absolute atomic E-state index is 0.452. The summed E-state index contributed by atoms with van der Waals surface area (Å²) in [6.45, 7) is 0. The highest BCUT2D eigenvalue weighted by molar-refractivity contribution is 8.13. The van der Waals surface area contributed by atoms with E-state index >= 15 is 0 Å². The van der Waals surface area contributed by atoms with Crippen molar-refractivity contribution < 1.29 is 0 Å². The van der Waals surface area contributed by atoms with E-state index in [-0.39, 0.29) is 0 Å². The Morgan fingerprint density at radius 3 is 2.35 bits per heavy atom. The quantitative estimate of drug-likeness (QED) is 0.615. The predicted molar refractivity (Wildman–Crippen MR) is 76.7 cm³/mol. The number of benzene rings is 2. The molecule has 3 heteroatoms. The van der Waals surface area contributed by atoms with Crippen LogP contribution >= 0.6 is 11.8 Å². The van der Waals surface area contributed by atoms with Gasteiger partial charge >= 0.3 is 0 Å². The lowest BCUT2D eigenvalue weighted by molar-refractivity contribution is 1.51. The SMILES string of the molecule is CSC(=N)Nc1ccccc1-c1ccccc1. The fourth-order valence-corrected chi connectivity index (χ4v) is 1.85. The van der Waals surface area contributed by atoms with E-state index in [1.807, 2.05) is 42.7 Å². The van der Waals surface area contributed by atoms with Crippen LogP contribution < -0.4 is 5.32 Å². The van der Waals surface area contributed by atoms with E-state index in [1.165, 1.54) is 11.8 Å². The van der Waals surface area contributed by atoms with Gasteiger partial charge in [0.05, 0.1) is 0 Å². The van der Waals surface area contributed by atoms with Gasteiger partial charge in [-0.2, -0.15) is 0 Å². The summed E-state index contributed by atoms with van der Waals surface area (Å²) in [5.41, 5.74) is 3.24. The highest BCUT2D eigenvalue weighted by Gasteiger charge is 2.04. The normalized spacial score (nSPS) is 9.94. The van der Waals surface area contributed by atoms with Gasteiger partial charge in [0.2, 0.25) is 0 Å². The number of anilines is 1. The Morgan fingerprint density at radius 1 is 1.00 bits per heavy atom. The molecule has 0 atom stereocenters. The molecule has 0 spiro atoms. The number of rotatable bonds is 2. The van der Waals surface area contributed by atoms with Crippen molar-refractivity contribution in [3.63, 3.8) is 0 Å². The van der Waals surface area contributed by atoms with Gasteiger partial charge in [-0.05, 0) is 17.9 Å². The van der Waals surface area contributed by atoms with Crippen molar-refractivity contribution in [2.45, 2.75) is 0 Å². The van der Waals surface area contributed by atoms with Crippen LogP contribution in [0, 0.1) is 5.41 Å². The molecule has 2 rings (SSSR count). The molecule has 0 aromatic heterocycles. The molecule has 2 nitrogen and oxygen atoms in total. The third-order valence-electron chi connectivity index (χ3n) is 2.46. The molecule has 0 radical (unpaired) electrons. The Balaban J connectivity index is 2.38. The molecular formula is C14H14N2S. The van der Waals surface area contributed by atoms with Gasteiger partial charge in [0.15, 0.2) is 5.17 Å². The number of hydrogen-bond donors (Lipinski definition) is 2. The van der Waals surface area contributed by atoms with Gasteiger partial charge in [-0.1, -0.05) is 60.3 Å². The Hall–Kier alpha value is -1.74. The minimum atomic E-state index is 0.452.